The van der Waals surface area contributed by atoms with Gasteiger partial charge in [0.2, 0.25) is 5.91 Å². The van der Waals surface area contributed by atoms with E-state index in [9.17, 15) is 14.4 Å². The number of amides is 2. The number of ether oxygens (including phenoxy) is 1. The molecule has 1 aromatic heterocycles. The van der Waals surface area contributed by atoms with E-state index >= 15 is 0 Å². The predicted octanol–water partition coefficient (Wildman–Crippen LogP) is 0.937. The Hall–Kier alpha value is -1.89. The number of nitrogens with one attached hydrogen (secondary N) is 2. The van der Waals surface area contributed by atoms with E-state index in [4.69, 9.17) is 4.74 Å². The van der Waals surface area contributed by atoms with Crippen LogP contribution in [0.1, 0.15) is 29.4 Å². The van der Waals surface area contributed by atoms with Crippen molar-refractivity contribution in [1.29, 1.82) is 0 Å². The number of hydrogen-bond donors (Lipinski definition) is 2. The van der Waals surface area contributed by atoms with E-state index in [0.717, 1.165) is 0 Å². The zero-order valence-corrected chi connectivity index (χ0v) is 12.1. The van der Waals surface area contributed by atoms with Gasteiger partial charge in [-0.2, -0.15) is 0 Å². The molecule has 2 N–H and O–H groups in total. The van der Waals surface area contributed by atoms with Crippen LogP contribution < -0.4 is 10.6 Å². The summed E-state index contributed by atoms with van der Waals surface area (Å²) in [5.41, 5.74) is 0. The first kappa shape index (κ1) is 16.2. The minimum Gasteiger partial charge on any atom is -0.466 e. The Morgan fingerprint density at radius 1 is 1.25 bits per heavy atom. The Labute approximate surface area is 121 Å². The normalized spacial score (nSPS) is 9.85. The predicted molar refractivity (Wildman–Crippen MR) is 75.5 cm³/mol. The molecule has 1 heterocycles. The third-order valence-electron chi connectivity index (χ3n) is 2.32. The third-order valence-corrected chi connectivity index (χ3v) is 3.19. The van der Waals surface area contributed by atoms with Gasteiger partial charge in [0.25, 0.3) is 5.91 Å². The molecule has 2 amide bonds. The second-order valence-electron chi connectivity index (χ2n) is 4.04. The number of rotatable bonds is 8. The maximum Gasteiger partial charge on any atom is 0.307 e. The smallest absolute Gasteiger partial charge is 0.307 e. The summed E-state index contributed by atoms with van der Waals surface area (Å²) in [6.45, 7) is 2.43. The lowest BCUT2D eigenvalue weighted by molar-refractivity contribution is -0.143. The SMILES string of the molecule is CC(=O)NCCCOC(=O)CCNC(=O)c1cccs1. The van der Waals surface area contributed by atoms with Crippen molar-refractivity contribution in [3.8, 4) is 0 Å². The van der Waals surface area contributed by atoms with Crippen LogP contribution in [0.25, 0.3) is 0 Å². The van der Waals surface area contributed by atoms with Crippen molar-refractivity contribution in [1.82, 2.24) is 10.6 Å². The molecule has 1 rings (SSSR count). The average Bonchev–Trinajstić information content (AvgIpc) is 2.91. The molecule has 0 bridgehead atoms. The van der Waals surface area contributed by atoms with Gasteiger partial charge in [-0.05, 0) is 17.9 Å². The number of hydrogen-bond acceptors (Lipinski definition) is 5. The highest BCUT2D eigenvalue weighted by atomic mass is 32.1. The first-order valence-corrected chi connectivity index (χ1v) is 7.19. The summed E-state index contributed by atoms with van der Waals surface area (Å²) in [7, 11) is 0. The monoisotopic (exact) mass is 298 g/mol. The number of thiophene rings is 1. The molecule has 0 aromatic carbocycles. The molecule has 0 aliphatic heterocycles. The van der Waals surface area contributed by atoms with Crippen LogP contribution in [0.15, 0.2) is 17.5 Å². The fourth-order valence-corrected chi connectivity index (χ4v) is 2.01. The summed E-state index contributed by atoms with van der Waals surface area (Å²) >= 11 is 1.35. The van der Waals surface area contributed by atoms with E-state index in [1.54, 1.807) is 12.1 Å². The van der Waals surface area contributed by atoms with E-state index in [1.165, 1.54) is 18.3 Å². The zero-order chi connectivity index (χ0) is 14.8. The van der Waals surface area contributed by atoms with Crippen LogP contribution in [0, 0.1) is 0 Å². The molecule has 0 radical (unpaired) electrons. The van der Waals surface area contributed by atoms with Gasteiger partial charge in [0.1, 0.15) is 0 Å². The standard InChI is InChI=1S/C13H18N2O4S/c1-10(16)14-6-3-8-19-12(17)5-7-15-13(18)11-4-2-9-20-11/h2,4,9H,3,5-8H2,1H3,(H,14,16)(H,15,18). The third kappa shape index (κ3) is 6.89. The maximum atomic E-state index is 11.6. The highest BCUT2D eigenvalue weighted by molar-refractivity contribution is 7.12. The van der Waals surface area contributed by atoms with Gasteiger partial charge in [-0.15, -0.1) is 11.3 Å². The van der Waals surface area contributed by atoms with Crippen LogP contribution in [0.3, 0.4) is 0 Å². The summed E-state index contributed by atoms with van der Waals surface area (Å²) in [6.07, 6.45) is 0.712. The van der Waals surface area contributed by atoms with Gasteiger partial charge in [-0.3, -0.25) is 14.4 Å². The largest absolute Gasteiger partial charge is 0.466 e. The molecule has 0 atom stereocenters. The topological polar surface area (TPSA) is 84.5 Å². The van der Waals surface area contributed by atoms with Crippen LogP contribution >= 0.6 is 11.3 Å². The Kier molecular flexibility index (Phi) is 7.34. The molecule has 0 saturated carbocycles. The second-order valence-corrected chi connectivity index (χ2v) is 4.99. The van der Waals surface area contributed by atoms with Crippen LogP contribution in [-0.4, -0.2) is 37.5 Å². The lowest BCUT2D eigenvalue weighted by Crippen LogP contribution is -2.26. The van der Waals surface area contributed by atoms with Crippen molar-refractivity contribution in [2.75, 3.05) is 19.7 Å². The van der Waals surface area contributed by atoms with Crippen LogP contribution in [0.4, 0.5) is 0 Å². The van der Waals surface area contributed by atoms with Gasteiger partial charge in [-0.1, -0.05) is 6.07 Å². The molecule has 0 unspecified atom stereocenters. The van der Waals surface area contributed by atoms with Gasteiger partial charge in [0, 0.05) is 20.0 Å². The first-order valence-electron chi connectivity index (χ1n) is 6.31. The fourth-order valence-electron chi connectivity index (χ4n) is 1.37. The van der Waals surface area contributed by atoms with Gasteiger partial charge >= 0.3 is 5.97 Å². The minimum atomic E-state index is -0.362. The van der Waals surface area contributed by atoms with E-state index < -0.39 is 0 Å². The Morgan fingerprint density at radius 3 is 2.70 bits per heavy atom. The van der Waals surface area contributed by atoms with Crippen LogP contribution in [0.5, 0.6) is 0 Å². The number of esters is 1. The molecule has 0 saturated heterocycles. The van der Waals surface area contributed by atoms with E-state index in [-0.39, 0.29) is 37.4 Å². The highest BCUT2D eigenvalue weighted by Crippen LogP contribution is 2.07. The fraction of sp³-hybridized carbons (Fsp3) is 0.462. The van der Waals surface area contributed by atoms with Crippen molar-refractivity contribution < 1.29 is 19.1 Å². The number of carbonyl (C=O) groups is 3. The lowest BCUT2D eigenvalue weighted by Gasteiger charge is -2.06. The molecule has 6 nitrogen and oxygen atoms in total. The summed E-state index contributed by atoms with van der Waals surface area (Å²) < 4.78 is 4.96. The van der Waals surface area contributed by atoms with Gasteiger partial charge in [0.15, 0.2) is 0 Å². The van der Waals surface area contributed by atoms with Crippen molar-refractivity contribution in [2.45, 2.75) is 19.8 Å². The van der Waals surface area contributed by atoms with Crippen molar-refractivity contribution >= 4 is 29.1 Å². The van der Waals surface area contributed by atoms with Gasteiger partial charge in [-0.25, -0.2) is 0 Å². The molecule has 110 valence electrons. The molecular weight excluding hydrogens is 280 g/mol. The van der Waals surface area contributed by atoms with Gasteiger partial charge in [0.05, 0.1) is 17.9 Å². The molecule has 0 fully saturated rings. The summed E-state index contributed by atoms with van der Waals surface area (Å²) in [6, 6.07) is 3.52. The Morgan fingerprint density at radius 2 is 2.05 bits per heavy atom. The molecule has 1 aromatic rings. The van der Waals surface area contributed by atoms with E-state index in [0.29, 0.717) is 17.8 Å². The maximum absolute atomic E-state index is 11.6. The van der Waals surface area contributed by atoms with Crippen molar-refractivity contribution in [3.05, 3.63) is 22.4 Å². The molecule has 0 aliphatic carbocycles. The molecule has 0 aliphatic rings. The summed E-state index contributed by atoms with van der Waals surface area (Å²) in [4.78, 5) is 34.1. The van der Waals surface area contributed by atoms with Crippen LogP contribution in [0.2, 0.25) is 0 Å². The van der Waals surface area contributed by atoms with Gasteiger partial charge < -0.3 is 15.4 Å². The number of carbonyl (C=O) groups excluding carboxylic acids is 3. The van der Waals surface area contributed by atoms with E-state index in [1.807, 2.05) is 5.38 Å². The molecule has 20 heavy (non-hydrogen) atoms. The summed E-state index contributed by atoms with van der Waals surface area (Å²) in [5.74, 6) is -0.648. The van der Waals surface area contributed by atoms with Crippen molar-refractivity contribution in [2.24, 2.45) is 0 Å². The molecule has 7 heteroatoms. The molecule has 0 spiro atoms. The lowest BCUT2D eigenvalue weighted by atomic mass is 10.4. The Bertz CT molecular complexity index is 445. The van der Waals surface area contributed by atoms with E-state index in [2.05, 4.69) is 10.6 Å². The second kappa shape index (κ2) is 9.08. The zero-order valence-electron chi connectivity index (χ0n) is 11.3. The first-order chi connectivity index (χ1) is 9.59. The van der Waals surface area contributed by atoms with Crippen molar-refractivity contribution in [3.63, 3.8) is 0 Å². The quantitative estimate of drug-likeness (QED) is 0.552. The van der Waals surface area contributed by atoms with Crippen LogP contribution in [-0.2, 0) is 14.3 Å². The summed E-state index contributed by atoms with van der Waals surface area (Å²) in [5, 5.41) is 7.07. The average molecular weight is 298 g/mol. The Balaban J connectivity index is 2.03. The minimum absolute atomic E-state index is 0.104. The molecular formula is C13H18N2O4S. The highest BCUT2D eigenvalue weighted by Gasteiger charge is 2.07.